The first-order chi connectivity index (χ1) is 9.11. The van der Waals surface area contributed by atoms with Crippen LogP contribution in [0.1, 0.15) is 21.5 Å². The van der Waals surface area contributed by atoms with Gasteiger partial charge in [-0.25, -0.2) is 4.39 Å². The Hall–Kier alpha value is -2.23. The van der Waals surface area contributed by atoms with Gasteiger partial charge in [-0.1, -0.05) is 6.07 Å². The fourth-order valence-electron chi connectivity index (χ4n) is 1.89. The molecule has 1 heterocycles. The summed E-state index contributed by atoms with van der Waals surface area (Å²) in [4.78, 5) is 16.1. The normalized spacial score (nSPS) is 10.3. The zero-order valence-corrected chi connectivity index (χ0v) is 10.8. The van der Waals surface area contributed by atoms with E-state index in [0.29, 0.717) is 11.1 Å². The van der Waals surface area contributed by atoms with Crippen LogP contribution in [0.2, 0.25) is 0 Å². The molecule has 0 aliphatic rings. The average molecular weight is 259 g/mol. The lowest BCUT2D eigenvalue weighted by molar-refractivity contribution is 0.0992. The van der Waals surface area contributed by atoms with E-state index in [2.05, 4.69) is 4.98 Å². The molecule has 0 atom stereocenters. The van der Waals surface area contributed by atoms with Crippen LogP contribution in [0.25, 0.3) is 0 Å². The largest absolute Gasteiger partial charge is 0.494 e. The number of halogens is 1. The van der Waals surface area contributed by atoms with E-state index in [-0.39, 0.29) is 18.0 Å². The first kappa shape index (κ1) is 13.2. The summed E-state index contributed by atoms with van der Waals surface area (Å²) in [6.07, 6.45) is 3.38. The number of ketones is 1. The number of hydrogen-bond acceptors (Lipinski definition) is 3. The maximum Gasteiger partial charge on any atom is 0.167 e. The third kappa shape index (κ3) is 2.96. The van der Waals surface area contributed by atoms with E-state index < -0.39 is 5.82 Å². The number of aryl methyl sites for hydroxylation is 1. The van der Waals surface area contributed by atoms with Crippen molar-refractivity contribution in [2.75, 3.05) is 7.11 Å². The second-order valence-electron chi connectivity index (χ2n) is 4.26. The lowest BCUT2D eigenvalue weighted by atomic mass is 10.0. The number of carbonyl (C=O) groups is 1. The van der Waals surface area contributed by atoms with Gasteiger partial charge in [-0.2, -0.15) is 0 Å². The van der Waals surface area contributed by atoms with Crippen molar-refractivity contribution in [1.82, 2.24) is 4.98 Å². The molecule has 0 saturated heterocycles. The molecule has 0 N–H and O–H groups in total. The van der Waals surface area contributed by atoms with Gasteiger partial charge in [0.1, 0.15) is 0 Å². The van der Waals surface area contributed by atoms with Gasteiger partial charge in [-0.15, -0.1) is 0 Å². The zero-order chi connectivity index (χ0) is 13.8. The Morgan fingerprint density at radius 2 is 2.16 bits per heavy atom. The van der Waals surface area contributed by atoms with E-state index in [0.717, 1.165) is 5.56 Å². The van der Waals surface area contributed by atoms with Crippen LogP contribution in [0, 0.1) is 12.7 Å². The van der Waals surface area contributed by atoms with E-state index in [9.17, 15) is 9.18 Å². The molecule has 19 heavy (non-hydrogen) atoms. The summed E-state index contributed by atoms with van der Waals surface area (Å²) in [5.74, 6) is -0.333. The van der Waals surface area contributed by atoms with Gasteiger partial charge in [-0.05, 0) is 36.2 Å². The molecule has 2 rings (SSSR count). The molecule has 0 fully saturated rings. The molecule has 0 bridgehead atoms. The van der Waals surface area contributed by atoms with Gasteiger partial charge in [-0.3, -0.25) is 9.78 Å². The maximum atomic E-state index is 13.5. The predicted octanol–water partition coefficient (Wildman–Crippen LogP) is 2.96. The molecule has 0 radical (unpaired) electrons. The minimum absolute atomic E-state index is 0.0514. The second-order valence-corrected chi connectivity index (χ2v) is 4.26. The van der Waals surface area contributed by atoms with Crippen molar-refractivity contribution in [2.24, 2.45) is 0 Å². The van der Waals surface area contributed by atoms with E-state index in [1.54, 1.807) is 24.5 Å². The molecular formula is C15H14FNO2. The zero-order valence-electron chi connectivity index (χ0n) is 10.8. The number of Topliss-reactive ketones (excluding diaryl/α,β-unsaturated/α-hetero) is 1. The summed E-state index contributed by atoms with van der Waals surface area (Å²) < 4.78 is 18.4. The molecule has 0 aliphatic heterocycles. The molecule has 0 saturated carbocycles. The van der Waals surface area contributed by atoms with Crippen LogP contribution in [0.4, 0.5) is 4.39 Å². The van der Waals surface area contributed by atoms with Gasteiger partial charge >= 0.3 is 0 Å². The molecule has 0 unspecified atom stereocenters. The fourth-order valence-corrected chi connectivity index (χ4v) is 1.89. The highest BCUT2D eigenvalue weighted by molar-refractivity contribution is 5.98. The highest BCUT2D eigenvalue weighted by atomic mass is 19.1. The van der Waals surface area contributed by atoms with Gasteiger partial charge in [0.05, 0.1) is 7.11 Å². The third-order valence-electron chi connectivity index (χ3n) is 2.90. The van der Waals surface area contributed by atoms with Crippen LogP contribution < -0.4 is 4.74 Å². The minimum Gasteiger partial charge on any atom is -0.494 e. The Bertz CT molecular complexity index is 611. The summed E-state index contributed by atoms with van der Waals surface area (Å²) in [6, 6.07) is 6.22. The van der Waals surface area contributed by atoms with Crippen LogP contribution in [0.15, 0.2) is 36.7 Å². The topological polar surface area (TPSA) is 39.2 Å². The van der Waals surface area contributed by atoms with Crippen LogP contribution in [0.5, 0.6) is 5.75 Å². The first-order valence-electron chi connectivity index (χ1n) is 5.88. The Labute approximate surface area is 111 Å². The van der Waals surface area contributed by atoms with Crippen molar-refractivity contribution in [3.8, 4) is 5.75 Å². The standard InChI is InChI=1S/C15H14FNO2/c1-10-9-17-6-5-12(10)14(18)8-11-3-4-15(19-2)13(16)7-11/h3-7,9H,8H2,1-2H3. The number of hydrogen-bond donors (Lipinski definition) is 0. The molecule has 0 aliphatic carbocycles. The van der Waals surface area contributed by atoms with Crippen molar-refractivity contribution in [3.05, 3.63) is 59.2 Å². The van der Waals surface area contributed by atoms with Crippen molar-refractivity contribution < 1.29 is 13.9 Å². The van der Waals surface area contributed by atoms with Crippen molar-refractivity contribution in [1.29, 1.82) is 0 Å². The summed E-state index contributed by atoms with van der Waals surface area (Å²) in [5.41, 5.74) is 2.06. The number of nitrogens with zero attached hydrogens (tertiary/aromatic N) is 1. The van der Waals surface area contributed by atoms with Crippen LogP contribution >= 0.6 is 0 Å². The molecule has 98 valence electrons. The average Bonchev–Trinajstić information content (AvgIpc) is 2.39. The lowest BCUT2D eigenvalue weighted by Gasteiger charge is -2.06. The van der Waals surface area contributed by atoms with Crippen LogP contribution in [-0.2, 0) is 6.42 Å². The summed E-state index contributed by atoms with van der Waals surface area (Å²) in [6.45, 7) is 1.83. The number of pyridine rings is 1. The van der Waals surface area contributed by atoms with E-state index in [1.807, 2.05) is 6.92 Å². The molecule has 1 aromatic heterocycles. The number of benzene rings is 1. The molecule has 0 spiro atoms. The highest BCUT2D eigenvalue weighted by Gasteiger charge is 2.11. The summed E-state index contributed by atoms with van der Waals surface area (Å²) in [7, 11) is 1.41. The number of rotatable bonds is 4. The Balaban J connectivity index is 2.20. The Morgan fingerprint density at radius 3 is 2.79 bits per heavy atom. The number of methoxy groups -OCH3 is 1. The second kappa shape index (κ2) is 5.61. The van der Waals surface area contributed by atoms with Gasteiger partial charge in [0.2, 0.25) is 0 Å². The molecule has 0 amide bonds. The minimum atomic E-state index is -0.459. The van der Waals surface area contributed by atoms with E-state index in [1.165, 1.54) is 19.2 Å². The van der Waals surface area contributed by atoms with Crippen molar-refractivity contribution in [3.63, 3.8) is 0 Å². The Kier molecular flexibility index (Phi) is 3.90. The van der Waals surface area contributed by atoms with Crippen molar-refractivity contribution >= 4 is 5.78 Å². The lowest BCUT2D eigenvalue weighted by Crippen LogP contribution is -2.06. The summed E-state index contributed by atoms with van der Waals surface area (Å²) in [5, 5.41) is 0. The molecule has 2 aromatic rings. The fraction of sp³-hybridized carbons (Fsp3) is 0.200. The monoisotopic (exact) mass is 259 g/mol. The molecular weight excluding hydrogens is 245 g/mol. The number of ether oxygens (including phenoxy) is 1. The summed E-state index contributed by atoms with van der Waals surface area (Å²) >= 11 is 0. The highest BCUT2D eigenvalue weighted by Crippen LogP contribution is 2.19. The van der Waals surface area contributed by atoms with Gasteiger partial charge < -0.3 is 4.74 Å². The van der Waals surface area contributed by atoms with Crippen LogP contribution in [-0.4, -0.2) is 17.9 Å². The molecule has 4 heteroatoms. The predicted molar refractivity (Wildman–Crippen MR) is 70.0 cm³/mol. The number of carbonyl (C=O) groups excluding carboxylic acids is 1. The molecule has 3 nitrogen and oxygen atoms in total. The Morgan fingerprint density at radius 1 is 1.37 bits per heavy atom. The van der Waals surface area contributed by atoms with Gasteiger partial charge in [0.25, 0.3) is 0 Å². The maximum absolute atomic E-state index is 13.5. The van der Waals surface area contributed by atoms with E-state index >= 15 is 0 Å². The van der Waals surface area contributed by atoms with Crippen molar-refractivity contribution in [2.45, 2.75) is 13.3 Å². The van der Waals surface area contributed by atoms with E-state index in [4.69, 9.17) is 4.74 Å². The first-order valence-corrected chi connectivity index (χ1v) is 5.88. The third-order valence-corrected chi connectivity index (χ3v) is 2.90. The quantitative estimate of drug-likeness (QED) is 0.792. The SMILES string of the molecule is COc1ccc(CC(=O)c2ccncc2C)cc1F. The van der Waals surface area contributed by atoms with Crippen LogP contribution in [0.3, 0.4) is 0 Å². The van der Waals surface area contributed by atoms with Gasteiger partial charge in [0, 0.05) is 24.4 Å². The smallest absolute Gasteiger partial charge is 0.167 e. The van der Waals surface area contributed by atoms with Gasteiger partial charge in [0.15, 0.2) is 17.3 Å². The number of aromatic nitrogens is 1. The molecule has 1 aromatic carbocycles.